The van der Waals surface area contributed by atoms with E-state index >= 15 is 0 Å². The number of anilines is 2. The standard InChI is InChI=1S/C18H19ClN6/c19-16-2-4-18(22-12-16)25-9-7-24(8-10-25)17-3-1-15(11-21-17)13-23-6-5-20-14-23/h1-6,11-12,14H,7-10,13H2. The lowest BCUT2D eigenvalue weighted by Gasteiger charge is -2.36. The second-order valence-corrected chi connectivity index (χ2v) is 6.50. The molecule has 1 saturated heterocycles. The number of halogens is 1. The maximum atomic E-state index is 5.91. The molecule has 1 aliphatic heterocycles. The van der Waals surface area contributed by atoms with Gasteiger partial charge in [-0.25, -0.2) is 15.0 Å². The fourth-order valence-electron chi connectivity index (χ4n) is 3.01. The highest BCUT2D eigenvalue weighted by Gasteiger charge is 2.19. The minimum atomic E-state index is 0.669. The molecule has 0 aliphatic carbocycles. The zero-order valence-corrected chi connectivity index (χ0v) is 14.5. The quantitative estimate of drug-likeness (QED) is 0.721. The first-order valence-electron chi connectivity index (χ1n) is 8.30. The summed E-state index contributed by atoms with van der Waals surface area (Å²) >= 11 is 5.91. The summed E-state index contributed by atoms with van der Waals surface area (Å²) in [6.07, 6.45) is 9.21. The van der Waals surface area contributed by atoms with Crippen molar-refractivity contribution < 1.29 is 0 Å². The van der Waals surface area contributed by atoms with Crippen LogP contribution in [0.4, 0.5) is 11.6 Å². The van der Waals surface area contributed by atoms with Gasteiger partial charge in [-0.05, 0) is 23.8 Å². The second kappa shape index (κ2) is 7.11. The van der Waals surface area contributed by atoms with E-state index in [4.69, 9.17) is 11.6 Å². The summed E-state index contributed by atoms with van der Waals surface area (Å²) in [6.45, 7) is 4.50. The van der Waals surface area contributed by atoms with Gasteiger partial charge in [0.2, 0.25) is 0 Å². The Kier molecular flexibility index (Phi) is 4.52. The van der Waals surface area contributed by atoms with Crippen molar-refractivity contribution in [2.24, 2.45) is 0 Å². The van der Waals surface area contributed by atoms with Gasteiger partial charge in [-0.1, -0.05) is 17.7 Å². The van der Waals surface area contributed by atoms with Crippen LogP contribution in [-0.2, 0) is 6.54 Å². The van der Waals surface area contributed by atoms with Gasteiger partial charge >= 0.3 is 0 Å². The molecule has 4 heterocycles. The molecule has 6 nitrogen and oxygen atoms in total. The lowest BCUT2D eigenvalue weighted by atomic mass is 10.2. The van der Waals surface area contributed by atoms with E-state index in [1.165, 1.54) is 5.56 Å². The molecule has 3 aromatic heterocycles. The van der Waals surface area contributed by atoms with Crippen LogP contribution in [0.25, 0.3) is 0 Å². The predicted molar refractivity (Wildman–Crippen MR) is 99.2 cm³/mol. The third-order valence-electron chi connectivity index (χ3n) is 4.37. The van der Waals surface area contributed by atoms with Crippen LogP contribution in [0.5, 0.6) is 0 Å². The van der Waals surface area contributed by atoms with Crippen LogP contribution < -0.4 is 9.80 Å². The number of hydrogen-bond donors (Lipinski definition) is 0. The number of nitrogens with zero attached hydrogens (tertiary/aromatic N) is 6. The zero-order chi connectivity index (χ0) is 17.1. The van der Waals surface area contributed by atoms with E-state index in [2.05, 4.69) is 36.9 Å². The van der Waals surface area contributed by atoms with Gasteiger partial charge in [-0.3, -0.25) is 0 Å². The fraction of sp³-hybridized carbons (Fsp3) is 0.278. The van der Waals surface area contributed by atoms with Crippen molar-refractivity contribution in [2.45, 2.75) is 6.54 Å². The van der Waals surface area contributed by atoms with Gasteiger partial charge in [0, 0.05) is 57.5 Å². The summed E-state index contributed by atoms with van der Waals surface area (Å²) < 4.78 is 2.04. The van der Waals surface area contributed by atoms with E-state index in [0.717, 1.165) is 44.4 Å². The van der Waals surface area contributed by atoms with Crippen LogP contribution in [0.1, 0.15) is 5.56 Å². The van der Waals surface area contributed by atoms with Crippen molar-refractivity contribution in [3.8, 4) is 0 Å². The average Bonchev–Trinajstić information content (AvgIpc) is 3.16. The summed E-state index contributed by atoms with van der Waals surface area (Å²) in [5, 5.41) is 0.669. The average molecular weight is 355 g/mol. The largest absolute Gasteiger partial charge is 0.353 e. The van der Waals surface area contributed by atoms with Crippen LogP contribution in [-0.4, -0.2) is 45.7 Å². The van der Waals surface area contributed by atoms with Crippen molar-refractivity contribution in [1.82, 2.24) is 19.5 Å². The molecule has 0 N–H and O–H groups in total. The Morgan fingerprint density at radius 2 is 1.56 bits per heavy atom. The smallest absolute Gasteiger partial charge is 0.128 e. The Morgan fingerprint density at radius 1 is 0.880 bits per heavy atom. The third kappa shape index (κ3) is 3.74. The minimum absolute atomic E-state index is 0.669. The fourth-order valence-corrected chi connectivity index (χ4v) is 3.12. The highest BCUT2D eigenvalue weighted by molar-refractivity contribution is 6.30. The van der Waals surface area contributed by atoms with E-state index < -0.39 is 0 Å². The van der Waals surface area contributed by atoms with Gasteiger partial charge in [0.1, 0.15) is 11.6 Å². The van der Waals surface area contributed by atoms with Crippen LogP contribution in [0.15, 0.2) is 55.4 Å². The molecular formula is C18H19ClN6. The van der Waals surface area contributed by atoms with Gasteiger partial charge in [-0.2, -0.15) is 0 Å². The van der Waals surface area contributed by atoms with Crippen molar-refractivity contribution in [3.05, 3.63) is 66.0 Å². The predicted octanol–water partition coefficient (Wildman–Crippen LogP) is 2.70. The number of pyridine rings is 2. The molecule has 0 saturated carbocycles. The first-order chi connectivity index (χ1) is 12.3. The minimum Gasteiger partial charge on any atom is -0.353 e. The Hall–Kier alpha value is -2.60. The van der Waals surface area contributed by atoms with Crippen molar-refractivity contribution in [3.63, 3.8) is 0 Å². The number of aromatic nitrogens is 4. The summed E-state index contributed by atoms with van der Waals surface area (Å²) in [4.78, 5) is 17.7. The van der Waals surface area contributed by atoms with Crippen LogP contribution in [0.2, 0.25) is 5.02 Å². The number of rotatable bonds is 4. The Balaban J connectivity index is 1.36. The first kappa shape index (κ1) is 15.9. The molecule has 0 amide bonds. The second-order valence-electron chi connectivity index (χ2n) is 6.07. The van der Waals surface area contributed by atoms with Crippen LogP contribution in [0.3, 0.4) is 0 Å². The van der Waals surface area contributed by atoms with Crippen LogP contribution in [0, 0.1) is 0 Å². The Morgan fingerprint density at radius 3 is 2.08 bits per heavy atom. The molecule has 3 aromatic rings. The Labute approximate surface area is 151 Å². The van der Waals surface area contributed by atoms with Gasteiger partial charge < -0.3 is 14.4 Å². The lowest BCUT2D eigenvalue weighted by molar-refractivity contribution is 0.641. The van der Waals surface area contributed by atoms with E-state index in [9.17, 15) is 0 Å². The van der Waals surface area contributed by atoms with Crippen LogP contribution >= 0.6 is 11.6 Å². The molecule has 0 spiro atoms. The molecule has 0 atom stereocenters. The number of hydrogen-bond acceptors (Lipinski definition) is 5. The zero-order valence-electron chi connectivity index (χ0n) is 13.8. The van der Waals surface area contributed by atoms with Crippen molar-refractivity contribution in [2.75, 3.05) is 36.0 Å². The molecule has 0 unspecified atom stereocenters. The molecule has 0 aromatic carbocycles. The van der Waals surface area contributed by atoms with Gasteiger partial charge in [0.15, 0.2) is 0 Å². The van der Waals surface area contributed by atoms with E-state index in [-0.39, 0.29) is 0 Å². The topological polar surface area (TPSA) is 50.1 Å². The molecule has 0 bridgehead atoms. The summed E-state index contributed by atoms with van der Waals surface area (Å²) in [6, 6.07) is 8.09. The lowest BCUT2D eigenvalue weighted by Crippen LogP contribution is -2.47. The molecule has 7 heteroatoms. The molecule has 1 aliphatic rings. The number of imidazole rings is 1. The molecule has 1 fully saturated rings. The molecule has 25 heavy (non-hydrogen) atoms. The van der Waals surface area contributed by atoms with E-state index in [1.807, 2.05) is 35.4 Å². The summed E-state index contributed by atoms with van der Waals surface area (Å²) in [7, 11) is 0. The SMILES string of the molecule is Clc1ccc(N2CCN(c3ccc(Cn4ccnc4)cn3)CC2)nc1. The molecular weight excluding hydrogens is 336 g/mol. The van der Waals surface area contributed by atoms with Crippen molar-refractivity contribution in [1.29, 1.82) is 0 Å². The molecule has 128 valence electrons. The van der Waals surface area contributed by atoms with Crippen molar-refractivity contribution >= 4 is 23.2 Å². The van der Waals surface area contributed by atoms with Gasteiger partial charge in [-0.15, -0.1) is 0 Å². The third-order valence-corrected chi connectivity index (χ3v) is 4.60. The van der Waals surface area contributed by atoms with Gasteiger partial charge in [0.25, 0.3) is 0 Å². The first-order valence-corrected chi connectivity index (χ1v) is 8.68. The monoisotopic (exact) mass is 354 g/mol. The Bertz CT molecular complexity index is 793. The van der Waals surface area contributed by atoms with Gasteiger partial charge in [0.05, 0.1) is 11.3 Å². The highest BCUT2D eigenvalue weighted by Crippen LogP contribution is 2.19. The maximum Gasteiger partial charge on any atom is 0.128 e. The molecule has 4 rings (SSSR count). The normalized spacial score (nSPS) is 14.8. The summed E-state index contributed by atoms with van der Waals surface area (Å²) in [5.74, 6) is 2.01. The number of piperazine rings is 1. The maximum absolute atomic E-state index is 5.91. The highest BCUT2D eigenvalue weighted by atomic mass is 35.5. The van der Waals surface area contributed by atoms with E-state index in [1.54, 1.807) is 12.4 Å². The summed E-state index contributed by atoms with van der Waals surface area (Å²) in [5.41, 5.74) is 1.17. The van der Waals surface area contributed by atoms with E-state index in [0.29, 0.717) is 5.02 Å². The molecule has 0 radical (unpaired) electrons.